The maximum absolute atomic E-state index is 10.9. The zero-order chi connectivity index (χ0) is 9.73. The molecule has 0 bridgehead atoms. The third kappa shape index (κ3) is 3.21. The van der Waals surface area contributed by atoms with Crippen molar-refractivity contribution in [1.82, 2.24) is 0 Å². The Bertz CT molecular complexity index is 208. The van der Waals surface area contributed by atoms with Gasteiger partial charge in [-0.15, -0.1) is 0 Å². The number of esters is 1. The Morgan fingerprint density at radius 3 is 2.85 bits per heavy atom. The summed E-state index contributed by atoms with van der Waals surface area (Å²) in [5.74, 6) is -0.0398. The van der Waals surface area contributed by atoms with Crippen LogP contribution in [0.25, 0.3) is 0 Å². The molecule has 0 aliphatic carbocycles. The summed E-state index contributed by atoms with van der Waals surface area (Å²) in [6.45, 7) is 4.14. The van der Waals surface area contributed by atoms with Crippen LogP contribution in [0.2, 0.25) is 0 Å². The molecule has 1 rings (SSSR count). The maximum atomic E-state index is 10.9. The fourth-order valence-corrected chi connectivity index (χ4v) is 1.59. The third-order valence-electron chi connectivity index (χ3n) is 2.46. The van der Waals surface area contributed by atoms with Crippen molar-refractivity contribution in [3.8, 4) is 0 Å². The Morgan fingerprint density at radius 2 is 2.31 bits per heavy atom. The molecule has 1 fully saturated rings. The number of carbonyl (C=O) groups is 1. The Balaban J connectivity index is 2.27. The zero-order valence-corrected chi connectivity index (χ0v) is 8.51. The van der Waals surface area contributed by atoms with E-state index in [4.69, 9.17) is 4.74 Å². The van der Waals surface area contributed by atoms with Gasteiger partial charge in [0.25, 0.3) is 0 Å². The second-order valence-corrected chi connectivity index (χ2v) is 3.84. The molecule has 0 spiro atoms. The van der Waals surface area contributed by atoms with Crippen LogP contribution in [0.5, 0.6) is 0 Å². The zero-order valence-electron chi connectivity index (χ0n) is 8.51. The van der Waals surface area contributed by atoms with Gasteiger partial charge >= 0.3 is 5.97 Å². The molecular weight excluding hydrogens is 164 g/mol. The molecule has 2 heteroatoms. The van der Waals surface area contributed by atoms with Crippen LogP contribution < -0.4 is 0 Å². The minimum absolute atomic E-state index is 0.0398. The van der Waals surface area contributed by atoms with Gasteiger partial charge in [0.2, 0.25) is 0 Å². The normalized spacial score (nSPS) is 28.3. The lowest BCUT2D eigenvalue weighted by Gasteiger charge is -2.21. The lowest BCUT2D eigenvalue weighted by Crippen LogP contribution is -2.23. The van der Waals surface area contributed by atoms with Gasteiger partial charge in [-0.25, -0.2) is 0 Å². The minimum Gasteiger partial charge on any atom is -0.459 e. The van der Waals surface area contributed by atoms with Crippen LogP contribution in [0.3, 0.4) is 0 Å². The van der Waals surface area contributed by atoms with Gasteiger partial charge < -0.3 is 4.74 Å². The van der Waals surface area contributed by atoms with Crippen LogP contribution in [-0.4, -0.2) is 11.6 Å². The summed E-state index contributed by atoms with van der Waals surface area (Å²) >= 11 is 0. The smallest absolute Gasteiger partial charge is 0.306 e. The number of ether oxygens (including phenoxy) is 1. The topological polar surface area (TPSA) is 26.3 Å². The molecule has 1 atom stereocenters. The molecule has 2 nitrogen and oxygen atoms in total. The molecule has 0 aromatic carbocycles. The van der Waals surface area contributed by atoms with Gasteiger partial charge in [0.1, 0.15) is 5.60 Å². The standard InChI is InChI=1S/C11H18O2/c1-3-4-5-6-8-11(2)9-7-10(12)13-11/h4-5H,3,6-9H2,1-2H3. The first-order chi connectivity index (χ1) is 6.16. The molecule has 0 N–H and O–H groups in total. The van der Waals surface area contributed by atoms with Crippen LogP contribution in [0.1, 0.15) is 46.0 Å². The summed E-state index contributed by atoms with van der Waals surface area (Å²) < 4.78 is 5.26. The summed E-state index contributed by atoms with van der Waals surface area (Å²) in [6.07, 6.45) is 8.83. The average molecular weight is 182 g/mol. The summed E-state index contributed by atoms with van der Waals surface area (Å²) in [7, 11) is 0. The van der Waals surface area contributed by atoms with E-state index >= 15 is 0 Å². The van der Waals surface area contributed by atoms with Crippen LogP contribution in [0.4, 0.5) is 0 Å². The van der Waals surface area contributed by atoms with Crippen molar-refractivity contribution in [1.29, 1.82) is 0 Å². The molecule has 1 aliphatic heterocycles. The maximum Gasteiger partial charge on any atom is 0.306 e. The molecule has 0 aromatic rings. The highest BCUT2D eigenvalue weighted by Crippen LogP contribution is 2.30. The lowest BCUT2D eigenvalue weighted by molar-refractivity contribution is -0.147. The Hall–Kier alpha value is -0.790. The van der Waals surface area contributed by atoms with Gasteiger partial charge in [0.05, 0.1) is 0 Å². The monoisotopic (exact) mass is 182 g/mol. The number of hydrogen-bond acceptors (Lipinski definition) is 2. The molecule has 0 amide bonds. The van der Waals surface area contributed by atoms with E-state index in [2.05, 4.69) is 19.1 Å². The second kappa shape index (κ2) is 4.45. The van der Waals surface area contributed by atoms with E-state index in [1.54, 1.807) is 0 Å². The lowest BCUT2D eigenvalue weighted by atomic mass is 9.96. The van der Waals surface area contributed by atoms with Crippen LogP contribution >= 0.6 is 0 Å². The predicted octanol–water partition coefficient (Wildman–Crippen LogP) is 2.83. The number of rotatable bonds is 4. The van der Waals surface area contributed by atoms with Crippen molar-refractivity contribution in [2.45, 2.75) is 51.6 Å². The first-order valence-electron chi connectivity index (χ1n) is 5.03. The van der Waals surface area contributed by atoms with Crippen molar-refractivity contribution < 1.29 is 9.53 Å². The minimum atomic E-state index is -0.185. The summed E-state index contributed by atoms with van der Waals surface area (Å²) in [5, 5.41) is 0. The van der Waals surface area contributed by atoms with E-state index in [-0.39, 0.29) is 11.6 Å². The van der Waals surface area contributed by atoms with Gasteiger partial charge in [-0.05, 0) is 32.6 Å². The van der Waals surface area contributed by atoms with Crippen LogP contribution in [0.15, 0.2) is 12.2 Å². The molecule has 1 saturated heterocycles. The highest BCUT2D eigenvalue weighted by atomic mass is 16.6. The quantitative estimate of drug-likeness (QED) is 0.493. The van der Waals surface area contributed by atoms with Crippen molar-refractivity contribution in [3.63, 3.8) is 0 Å². The SMILES string of the molecule is CCC=CCCC1(C)CCC(=O)O1. The molecule has 1 heterocycles. The van der Waals surface area contributed by atoms with Crippen molar-refractivity contribution in [3.05, 3.63) is 12.2 Å². The molecule has 13 heavy (non-hydrogen) atoms. The largest absolute Gasteiger partial charge is 0.459 e. The molecule has 0 saturated carbocycles. The summed E-state index contributed by atoms with van der Waals surface area (Å²) in [4.78, 5) is 10.9. The van der Waals surface area contributed by atoms with Gasteiger partial charge in [-0.3, -0.25) is 4.79 Å². The van der Waals surface area contributed by atoms with E-state index in [1.807, 2.05) is 6.92 Å². The van der Waals surface area contributed by atoms with Gasteiger partial charge in [-0.1, -0.05) is 19.1 Å². The fraction of sp³-hybridized carbons (Fsp3) is 0.727. The molecule has 0 radical (unpaired) electrons. The second-order valence-electron chi connectivity index (χ2n) is 3.84. The first kappa shape index (κ1) is 10.3. The highest BCUT2D eigenvalue weighted by Gasteiger charge is 2.34. The fourth-order valence-electron chi connectivity index (χ4n) is 1.59. The Morgan fingerprint density at radius 1 is 1.54 bits per heavy atom. The van der Waals surface area contributed by atoms with Gasteiger partial charge in [0.15, 0.2) is 0 Å². The number of hydrogen-bond donors (Lipinski definition) is 0. The van der Waals surface area contributed by atoms with Gasteiger partial charge in [0, 0.05) is 6.42 Å². The van der Waals surface area contributed by atoms with E-state index in [0.29, 0.717) is 6.42 Å². The van der Waals surface area contributed by atoms with Crippen LogP contribution in [-0.2, 0) is 9.53 Å². The number of allylic oxidation sites excluding steroid dienone is 2. The Labute approximate surface area is 80.0 Å². The Kier molecular flexibility index (Phi) is 3.52. The number of carbonyl (C=O) groups excluding carboxylic acids is 1. The molecule has 1 aliphatic rings. The molecule has 0 aromatic heterocycles. The average Bonchev–Trinajstić information content (AvgIpc) is 2.41. The van der Waals surface area contributed by atoms with Crippen LogP contribution in [0, 0.1) is 0 Å². The van der Waals surface area contributed by atoms with E-state index in [0.717, 1.165) is 25.7 Å². The summed E-state index contributed by atoms with van der Waals surface area (Å²) in [5.41, 5.74) is -0.185. The highest BCUT2D eigenvalue weighted by molar-refractivity contribution is 5.72. The molecular formula is C11H18O2. The third-order valence-corrected chi connectivity index (χ3v) is 2.46. The van der Waals surface area contributed by atoms with Crippen molar-refractivity contribution in [2.75, 3.05) is 0 Å². The van der Waals surface area contributed by atoms with Crippen molar-refractivity contribution in [2.24, 2.45) is 0 Å². The van der Waals surface area contributed by atoms with E-state index < -0.39 is 0 Å². The number of cyclic esters (lactones) is 1. The summed E-state index contributed by atoms with van der Waals surface area (Å²) in [6, 6.07) is 0. The molecule has 1 unspecified atom stereocenters. The van der Waals surface area contributed by atoms with Crippen molar-refractivity contribution >= 4 is 5.97 Å². The van der Waals surface area contributed by atoms with E-state index in [1.165, 1.54) is 0 Å². The van der Waals surface area contributed by atoms with Gasteiger partial charge in [-0.2, -0.15) is 0 Å². The first-order valence-corrected chi connectivity index (χ1v) is 5.03. The predicted molar refractivity (Wildman–Crippen MR) is 52.4 cm³/mol. The van der Waals surface area contributed by atoms with E-state index in [9.17, 15) is 4.79 Å². The molecule has 74 valence electrons.